The third kappa shape index (κ3) is 1.91. The number of aryl methyl sites for hydroxylation is 1. The van der Waals surface area contributed by atoms with E-state index in [1.165, 1.54) is 16.7 Å². The standard InChI is InChI=1S/C19H15NO/c1-13-18(14-7-3-2-4-8-14)19-15(11-20-13)12-21-17-10-6-5-9-16(17)19/h2-11H,12H2,1H3. The van der Waals surface area contributed by atoms with E-state index in [2.05, 4.69) is 48.3 Å². The van der Waals surface area contributed by atoms with Crippen LogP contribution in [-0.4, -0.2) is 4.98 Å². The Bertz CT molecular complexity index is 809. The Labute approximate surface area is 124 Å². The molecule has 3 aromatic rings. The number of ether oxygens (including phenoxy) is 1. The minimum Gasteiger partial charge on any atom is -0.488 e. The van der Waals surface area contributed by atoms with Gasteiger partial charge in [-0.3, -0.25) is 4.98 Å². The molecule has 1 aliphatic rings. The van der Waals surface area contributed by atoms with Crippen molar-refractivity contribution in [3.05, 3.63) is 72.1 Å². The zero-order chi connectivity index (χ0) is 14.2. The lowest BCUT2D eigenvalue weighted by molar-refractivity contribution is 0.302. The predicted octanol–water partition coefficient (Wildman–Crippen LogP) is 4.62. The first kappa shape index (κ1) is 12.2. The number of nitrogens with zero attached hydrogens (tertiary/aromatic N) is 1. The van der Waals surface area contributed by atoms with Gasteiger partial charge in [0.2, 0.25) is 0 Å². The van der Waals surface area contributed by atoms with Crippen molar-refractivity contribution in [1.82, 2.24) is 4.98 Å². The summed E-state index contributed by atoms with van der Waals surface area (Å²) in [4.78, 5) is 4.56. The van der Waals surface area contributed by atoms with Gasteiger partial charge in [0.1, 0.15) is 12.4 Å². The molecule has 0 saturated heterocycles. The van der Waals surface area contributed by atoms with Gasteiger partial charge in [0.05, 0.1) is 0 Å². The van der Waals surface area contributed by atoms with Crippen LogP contribution >= 0.6 is 0 Å². The van der Waals surface area contributed by atoms with E-state index in [4.69, 9.17) is 4.74 Å². The lowest BCUT2D eigenvalue weighted by atomic mass is 9.89. The van der Waals surface area contributed by atoms with E-state index in [-0.39, 0.29) is 0 Å². The number of fused-ring (bicyclic) bond motifs is 3. The van der Waals surface area contributed by atoms with Crippen molar-refractivity contribution in [2.45, 2.75) is 13.5 Å². The van der Waals surface area contributed by atoms with Gasteiger partial charge in [0, 0.05) is 34.1 Å². The van der Waals surface area contributed by atoms with Crippen LogP contribution in [0.2, 0.25) is 0 Å². The maximum Gasteiger partial charge on any atom is 0.127 e. The summed E-state index contributed by atoms with van der Waals surface area (Å²) in [6.07, 6.45) is 1.94. The van der Waals surface area contributed by atoms with Crippen LogP contribution < -0.4 is 4.74 Å². The summed E-state index contributed by atoms with van der Waals surface area (Å²) >= 11 is 0. The highest BCUT2D eigenvalue weighted by Crippen LogP contribution is 2.43. The predicted molar refractivity (Wildman–Crippen MR) is 84.2 cm³/mol. The lowest BCUT2D eigenvalue weighted by Gasteiger charge is -2.24. The molecule has 1 aromatic heterocycles. The molecule has 21 heavy (non-hydrogen) atoms. The van der Waals surface area contributed by atoms with Crippen molar-refractivity contribution in [3.8, 4) is 28.0 Å². The molecule has 2 aromatic carbocycles. The second-order valence-electron chi connectivity index (χ2n) is 5.27. The molecule has 1 aliphatic heterocycles. The average Bonchev–Trinajstić information content (AvgIpc) is 2.55. The van der Waals surface area contributed by atoms with Crippen molar-refractivity contribution in [1.29, 1.82) is 0 Å². The largest absolute Gasteiger partial charge is 0.488 e. The number of aromatic nitrogens is 1. The van der Waals surface area contributed by atoms with Crippen LogP contribution in [0.3, 0.4) is 0 Å². The number of pyridine rings is 1. The highest BCUT2D eigenvalue weighted by molar-refractivity contribution is 5.89. The maximum absolute atomic E-state index is 5.84. The van der Waals surface area contributed by atoms with Crippen molar-refractivity contribution in [2.24, 2.45) is 0 Å². The lowest BCUT2D eigenvalue weighted by Crippen LogP contribution is -2.08. The fourth-order valence-corrected chi connectivity index (χ4v) is 2.97. The molecule has 0 atom stereocenters. The molecule has 0 N–H and O–H groups in total. The Morgan fingerprint density at radius 2 is 1.67 bits per heavy atom. The monoisotopic (exact) mass is 273 g/mol. The van der Waals surface area contributed by atoms with Gasteiger partial charge in [-0.05, 0) is 18.6 Å². The molecule has 2 nitrogen and oxygen atoms in total. The Morgan fingerprint density at radius 3 is 2.52 bits per heavy atom. The molecule has 0 aliphatic carbocycles. The van der Waals surface area contributed by atoms with Gasteiger partial charge in [0.25, 0.3) is 0 Å². The van der Waals surface area contributed by atoms with Gasteiger partial charge in [-0.15, -0.1) is 0 Å². The van der Waals surface area contributed by atoms with Crippen molar-refractivity contribution >= 4 is 0 Å². The number of para-hydroxylation sites is 1. The van der Waals surface area contributed by atoms with Crippen molar-refractivity contribution < 1.29 is 4.74 Å². The summed E-state index contributed by atoms with van der Waals surface area (Å²) in [7, 11) is 0. The van der Waals surface area contributed by atoms with Crippen LogP contribution in [0, 0.1) is 6.92 Å². The Hall–Kier alpha value is -2.61. The molecule has 0 spiro atoms. The molecule has 2 heterocycles. The van der Waals surface area contributed by atoms with Crippen molar-refractivity contribution in [3.63, 3.8) is 0 Å². The maximum atomic E-state index is 5.84. The summed E-state index contributed by atoms with van der Waals surface area (Å²) in [6.45, 7) is 2.65. The number of benzene rings is 2. The molecule has 0 fully saturated rings. The highest BCUT2D eigenvalue weighted by atomic mass is 16.5. The molecule has 0 radical (unpaired) electrons. The normalized spacial score (nSPS) is 12.2. The molecular weight excluding hydrogens is 258 g/mol. The van der Waals surface area contributed by atoms with Gasteiger partial charge >= 0.3 is 0 Å². The van der Waals surface area contributed by atoms with E-state index in [0.29, 0.717) is 6.61 Å². The van der Waals surface area contributed by atoms with E-state index in [0.717, 1.165) is 22.6 Å². The van der Waals surface area contributed by atoms with Crippen LogP contribution in [0.25, 0.3) is 22.3 Å². The summed E-state index contributed by atoms with van der Waals surface area (Å²) in [5, 5.41) is 0. The zero-order valence-electron chi connectivity index (χ0n) is 11.8. The quantitative estimate of drug-likeness (QED) is 0.645. The molecule has 0 unspecified atom stereocenters. The summed E-state index contributed by atoms with van der Waals surface area (Å²) in [6, 6.07) is 18.7. The van der Waals surface area contributed by atoms with Gasteiger partial charge in [-0.1, -0.05) is 48.5 Å². The van der Waals surface area contributed by atoms with Crippen LogP contribution in [-0.2, 0) is 6.61 Å². The van der Waals surface area contributed by atoms with E-state index >= 15 is 0 Å². The first-order valence-corrected chi connectivity index (χ1v) is 7.10. The van der Waals surface area contributed by atoms with Crippen LogP contribution in [0.4, 0.5) is 0 Å². The fraction of sp³-hybridized carbons (Fsp3) is 0.105. The Balaban J connectivity index is 2.06. The third-order valence-corrected chi connectivity index (χ3v) is 3.95. The summed E-state index contributed by atoms with van der Waals surface area (Å²) in [5.41, 5.74) is 7.04. The van der Waals surface area contributed by atoms with Crippen LogP contribution in [0.15, 0.2) is 60.8 Å². The van der Waals surface area contributed by atoms with E-state index in [1.54, 1.807) is 0 Å². The molecule has 0 bridgehead atoms. The van der Waals surface area contributed by atoms with Gasteiger partial charge in [0.15, 0.2) is 0 Å². The number of rotatable bonds is 1. The number of hydrogen-bond donors (Lipinski definition) is 0. The molecule has 4 rings (SSSR count). The molecular formula is C19H15NO. The molecule has 0 amide bonds. The minimum atomic E-state index is 0.583. The molecule has 102 valence electrons. The molecule has 2 heteroatoms. The van der Waals surface area contributed by atoms with Gasteiger partial charge in [-0.2, -0.15) is 0 Å². The highest BCUT2D eigenvalue weighted by Gasteiger charge is 2.22. The summed E-state index contributed by atoms with van der Waals surface area (Å²) in [5.74, 6) is 0.952. The van der Waals surface area contributed by atoms with Gasteiger partial charge in [-0.25, -0.2) is 0 Å². The van der Waals surface area contributed by atoms with Gasteiger partial charge < -0.3 is 4.74 Å². The van der Waals surface area contributed by atoms with E-state index < -0.39 is 0 Å². The van der Waals surface area contributed by atoms with E-state index in [9.17, 15) is 0 Å². The molecule has 0 saturated carbocycles. The first-order valence-electron chi connectivity index (χ1n) is 7.10. The van der Waals surface area contributed by atoms with Crippen LogP contribution in [0.1, 0.15) is 11.3 Å². The second-order valence-corrected chi connectivity index (χ2v) is 5.27. The Morgan fingerprint density at radius 1 is 0.905 bits per heavy atom. The minimum absolute atomic E-state index is 0.583. The fourth-order valence-electron chi connectivity index (χ4n) is 2.97. The SMILES string of the molecule is Cc1ncc2c(c1-c1ccccc1)-c1ccccc1OC2. The second kappa shape index (κ2) is 4.74. The zero-order valence-corrected chi connectivity index (χ0v) is 11.8. The third-order valence-electron chi connectivity index (χ3n) is 3.95. The number of hydrogen-bond acceptors (Lipinski definition) is 2. The topological polar surface area (TPSA) is 22.1 Å². The van der Waals surface area contributed by atoms with Crippen LogP contribution in [0.5, 0.6) is 5.75 Å². The average molecular weight is 273 g/mol. The van der Waals surface area contributed by atoms with E-state index in [1.807, 2.05) is 24.4 Å². The Kier molecular flexibility index (Phi) is 2.74. The smallest absolute Gasteiger partial charge is 0.127 e. The first-order chi connectivity index (χ1) is 10.3. The summed E-state index contributed by atoms with van der Waals surface area (Å²) < 4.78 is 5.84. The van der Waals surface area contributed by atoms with Crippen molar-refractivity contribution in [2.75, 3.05) is 0 Å².